The summed E-state index contributed by atoms with van der Waals surface area (Å²) in [6.07, 6.45) is 1.78. The second-order valence-corrected chi connectivity index (χ2v) is 10.5. The minimum absolute atomic E-state index is 0.0430. The van der Waals surface area contributed by atoms with Gasteiger partial charge in [0.2, 0.25) is 11.8 Å². The van der Waals surface area contributed by atoms with Crippen LogP contribution in [0.4, 0.5) is 4.79 Å². The van der Waals surface area contributed by atoms with Gasteiger partial charge in [0, 0.05) is 25.2 Å². The normalized spacial score (nSPS) is 23.4. The summed E-state index contributed by atoms with van der Waals surface area (Å²) < 4.78 is 10.3. The van der Waals surface area contributed by atoms with Gasteiger partial charge in [0.25, 0.3) is 0 Å². The standard InChI is InChI=1S/C26H38N4O6/c1-26(2,3)36-25(34)28-18-14-20-23(32)29(21(15-22(27)31)24(33)35-4)13-12-19(30(20)16-18)11-10-17-8-6-5-7-9-17/h5-9,18-21H,10-16H2,1-4H3,(H2,27,31)(H,28,34)/t18?,19?,20-,21+/m0/s1. The van der Waals surface area contributed by atoms with E-state index in [1.165, 1.54) is 17.6 Å². The van der Waals surface area contributed by atoms with Gasteiger partial charge in [0.05, 0.1) is 19.6 Å². The van der Waals surface area contributed by atoms with E-state index in [-0.39, 0.29) is 24.4 Å². The number of carbonyl (C=O) groups is 4. The molecule has 0 aliphatic carbocycles. The van der Waals surface area contributed by atoms with E-state index in [1.54, 1.807) is 20.8 Å². The highest BCUT2D eigenvalue weighted by Gasteiger charge is 2.47. The molecule has 1 aromatic carbocycles. The van der Waals surface area contributed by atoms with Crippen LogP contribution in [-0.2, 0) is 30.3 Å². The van der Waals surface area contributed by atoms with E-state index in [0.29, 0.717) is 25.9 Å². The maximum atomic E-state index is 13.7. The number of aryl methyl sites for hydroxylation is 1. The first-order valence-corrected chi connectivity index (χ1v) is 12.4. The lowest BCUT2D eigenvalue weighted by Crippen LogP contribution is -2.52. The van der Waals surface area contributed by atoms with Crippen molar-refractivity contribution in [1.82, 2.24) is 15.1 Å². The summed E-state index contributed by atoms with van der Waals surface area (Å²) in [7, 11) is 1.23. The molecule has 2 saturated heterocycles. The lowest BCUT2D eigenvalue weighted by molar-refractivity contribution is -0.155. The number of carbonyl (C=O) groups excluding carboxylic acids is 4. The predicted octanol–water partition coefficient (Wildman–Crippen LogP) is 1.60. The van der Waals surface area contributed by atoms with Crippen molar-refractivity contribution in [3.05, 3.63) is 35.9 Å². The van der Waals surface area contributed by atoms with E-state index in [9.17, 15) is 19.2 Å². The summed E-state index contributed by atoms with van der Waals surface area (Å²) in [4.78, 5) is 54.0. The minimum Gasteiger partial charge on any atom is -0.467 e. The third-order valence-electron chi connectivity index (χ3n) is 6.65. The lowest BCUT2D eigenvalue weighted by atomic mass is 10.0. The molecule has 2 heterocycles. The topological polar surface area (TPSA) is 131 Å². The molecule has 2 fully saturated rings. The Morgan fingerprint density at radius 3 is 2.50 bits per heavy atom. The zero-order chi connectivity index (χ0) is 26.5. The Labute approximate surface area is 212 Å². The van der Waals surface area contributed by atoms with Gasteiger partial charge < -0.3 is 25.4 Å². The van der Waals surface area contributed by atoms with Crippen molar-refractivity contribution in [2.75, 3.05) is 20.2 Å². The van der Waals surface area contributed by atoms with E-state index in [1.807, 2.05) is 18.2 Å². The maximum absolute atomic E-state index is 13.7. The summed E-state index contributed by atoms with van der Waals surface area (Å²) in [5.74, 6) is -1.61. The first-order valence-electron chi connectivity index (χ1n) is 12.4. The van der Waals surface area contributed by atoms with Crippen LogP contribution < -0.4 is 11.1 Å². The van der Waals surface area contributed by atoms with Crippen molar-refractivity contribution in [1.29, 1.82) is 0 Å². The number of fused-ring (bicyclic) bond motifs is 1. The summed E-state index contributed by atoms with van der Waals surface area (Å²) in [5.41, 5.74) is 5.95. The molecule has 2 aliphatic rings. The quantitative estimate of drug-likeness (QED) is 0.516. The predicted molar refractivity (Wildman–Crippen MR) is 133 cm³/mol. The van der Waals surface area contributed by atoms with Crippen molar-refractivity contribution in [3.63, 3.8) is 0 Å². The fourth-order valence-electron chi connectivity index (χ4n) is 5.09. The number of hydrogen-bond donors (Lipinski definition) is 2. The van der Waals surface area contributed by atoms with Crippen molar-refractivity contribution in [2.24, 2.45) is 5.73 Å². The molecule has 3 rings (SSSR count). The number of esters is 1. The highest BCUT2D eigenvalue weighted by atomic mass is 16.6. The molecule has 0 bridgehead atoms. The molecule has 4 atom stereocenters. The van der Waals surface area contributed by atoms with Gasteiger partial charge in [-0.1, -0.05) is 30.3 Å². The molecule has 2 aliphatic heterocycles. The molecule has 0 spiro atoms. The van der Waals surface area contributed by atoms with E-state index in [4.69, 9.17) is 15.2 Å². The summed E-state index contributed by atoms with van der Waals surface area (Å²) >= 11 is 0. The Balaban J connectivity index is 1.83. The number of ether oxygens (including phenoxy) is 2. The Bertz CT molecular complexity index is 948. The number of alkyl carbamates (subject to hydrolysis) is 1. The van der Waals surface area contributed by atoms with Crippen LogP contribution in [0.1, 0.15) is 52.0 Å². The zero-order valence-corrected chi connectivity index (χ0v) is 21.6. The number of hydrogen-bond acceptors (Lipinski definition) is 7. The number of methoxy groups -OCH3 is 1. The van der Waals surface area contributed by atoms with Gasteiger partial charge in [-0.25, -0.2) is 9.59 Å². The lowest BCUT2D eigenvalue weighted by Gasteiger charge is -2.31. The van der Waals surface area contributed by atoms with Crippen LogP contribution in [0.2, 0.25) is 0 Å². The van der Waals surface area contributed by atoms with Gasteiger partial charge in [0.1, 0.15) is 11.6 Å². The van der Waals surface area contributed by atoms with Crippen LogP contribution in [0.15, 0.2) is 30.3 Å². The average Bonchev–Trinajstić information content (AvgIpc) is 3.16. The fraction of sp³-hybridized carbons (Fsp3) is 0.615. The summed E-state index contributed by atoms with van der Waals surface area (Å²) in [6, 6.07) is 8.24. The van der Waals surface area contributed by atoms with E-state index in [2.05, 4.69) is 22.3 Å². The molecule has 2 unspecified atom stereocenters. The van der Waals surface area contributed by atoms with E-state index < -0.39 is 35.7 Å². The number of nitrogens with zero attached hydrogens (tertiary/aromatic N) is 2. The van der Waals surface area contributed by atoms with Gasteiger partial charge in [-0.05, 0) is 52.0 Å². The summed E-state index contributed by atoms with van der Waals surface area (Å²) in [5, 5.41) is 2.90. The Morgan fingerprint density at radius 2 is 1.89 bits per heavy atom. The Morgan fingerprint density at radius 1 is 1.19 bits per heavy atom. The van der Waals surface area contributed by atoms with Crippen LogP contribution in [-0.4, -0.2) is 83.6 Å². The molecule has 198 valence electrons. The Hall–Kier alpha value is -3.14. The molecule has 3 amide bonds. The number of benzene rings is 1. The van der Waals surface area contributed by atoms with Gasteiger partial charge in [-0.15, -0.1) is 0 Å². The maximum Gasteiger partial charge on any atom is 0.407 e. The van der Waals surface area contributed by atoms with E-state index in [0.717, 1.165) is 12.8 Å². The number of rotatable bonds is 8. The SMILES string of the molecule is COC(=O)[C@@H](CC(N)=O)N1CCC(CCc2ccccc2)N2CC(NC(=O)OC(C)(C)C)C[C@H]2C1=O. The number of amides is 3. The molecular formula is C26H38N4O6. The molecule has 36 heavy (non-hydrogen) atoms. The number of nitrogens with one attached hydrogen (secondary N) is 1. The number of nitrogens with two attached hydrogens (primary N) is 1. The highest BCUT2D eigenvalue weighted by molar-refractivity contribution is 5.91. The van der Waals surface area contributed by atoms with Crippen LogP contribution in [0, 0.1) is 0 Å². The van der Waals surface area contributed by atoms with Crippen LogP contribution in [0.3, 0.4) is 0 Å². The molecule has 0 saturated carbocycles. The minimum atomic E-state index is -1.08. The van der Waals surface area contributed by atoms with Crippen LogP contribution in [0.5, 0.6) is 0 Å². The molecule has 0 aromatic heterocycles. The van der Waals surface area contributed by atoms with Crippen molar-refractivity contribution in [3.8, 4) is 0 Å². The first-order chi connectivity index (χ1) is 17.0. The zero-order valence-electron chi connectivity index (χ0n) is 21.6. The highest BCUT2D eigenvalue weighted by Crippen LogP contribution is 2.31. The fourth-order valence-corrected chi connectivity index (χ4v) is 5.09. The van der Waals surface area contributed by atoms with Gasteiger partial charge >= 0.3 is 12.1 Å². The van der Waals surface area contributed by atoms with Gasteiger partial charge in [-0.3, -0.25) is 14.5 Å². The monoisotopic (exact) mass is 502 g/mol. The van der Waals surface area contributed by atoms with Gasteiger partial charge in [-0.2, -0.15) is 0 Å². The Kier molecular flexibility index (Phi) is 8.94. The average molecular weight is 503 g/mol. The smallest absolute Gasteiger partial charge is 0.407 e. The second kappa shape index (κ2) is 11.7. The second-order valence-electron chi connectivity index (χ2n) is 10.5. The van der Waals surface area contributed by atoms with Gasteiger partial charge in [0.15, 0.2) is 0 Å². The molecule has 3 N–H and O–H groups in total. The number of primary amides is 1. The van der Waals surface area contributed by atoms with Crippen molar-refractivity contribution < 1.29 is 28.7 Å². The third kappa shape index (κ3) is 7.19. The third-order valence-corrected chi connectivity index (χ3v) is 6.65. The molecular weight excluding hydrogens is 464 g/mol. The molecule has 10 heteroatoms. The van der Waals surface area contributed by atoms with Crippen LogP contribution in [0.25, 0.3) is 0 Å². The first kappa shape index (κ1) is 27.4. The van der Waals surface area contributed by atoms with Crippen molar-refractivity contribution >= 4 is 23.9 Å². The molecule has 10 nitrogen and oxygen atoms in total. The molecule has 1 aromatic rings. The molecule has 0 radical (unpaired) electrons. The summed E-state index contributed by atoms with van der Waals surface area (Å²) in [6.45, 7) is 6.17. The van der Waals surface area contributed by atoms with Crippen molar-refractivity contribution in [2.45, 2.75) is 82.6 Å². The largest absolute Gasteiger partial charge is 0.467 e. The van der Waals surface area contributed by atoms with Crippen LogP contribution >= 0.6 is 0 Å². The van der Waals surface area contributed by atoms with E-state index >= 15 is 0 Å².